The van der Waals surface area contributed by atoms with Crippen molar-refractivity contribution in [2.45, 2.75) is 20.0 Å². The van der Waals surface area contributed by atoms with Crippen LogP contribution < -0.4 is 10.1 Å². The molecule has 0 aliphatic heterocycles. The number of hydrogen-bond donors (Lipinski definition) is 2. The summed E-state index contributed by atoms with van der Waals surface area (Å²) in [4.78, 5) is 23.2. The van der Waals surface area contributed by atoms with Gasteiger partial charge in [0, 0.05) is 11.3 Å². The molecule has 1 aromatic heterocycles. The number of hydrogen-bond acceptors (Lipinski definition) is 4. The highest BCUT2D eigenvalue weighted by molar-refractivity contribution is 6.04. The van der Waals surface area contributed by atoms with Crippen LogP contribution in [0.15, 0.2) is 65.1 Å². The van der Waals surface area contributed by atoms with E-state index in [2.05, 4.69) is 5.32 Å². The molecule has 2 aromatic carbocycles. The van der Waals surface area contributed by atoms with Crippen molar-refractivity contribution in [3.63, 3.8) is 0 Å². The molecule has 0 aliphatic rings. The van der Waals surface area contributed by atoms with Crippen molar-refractivity contribution in [3.05, 3.63) is 83.3 Å². The molecular weight excluding hydrogens is 346 g/mol. The number of carbonyl (C=O) groups is 2. The fourth-order valence-corrected chi connectivity index (χ4v) is 2.57. The summed E-state index contributed by atoms with van der Waals surface area (Å²) < 4.78 is 10.7. The van der Waals surface area contributed by atoms with Crippen LogP contribution in [-0.4, -0.2) is 17.0 Å². The molecule has 0 spiro atoms. The second-order valence-electron chi connectivity index (χ2n) is 5.85. The van der Waals surface area contributed by atoms with Crippen molar-refractivity contribution >= 4 is 17.6 Å². The molecule has 3 rings (SSSR count). The zero-order valence-electron chi connectivity index (χ0n) is 14.8. The van der Waals surface area contributed by atoms with Crippen molar-refractivity contribution in [2.75, 3.05) is 5.32 Å². The van der Waals surface area contributed by atoms with E-state index in [0.29, 0.717) is 17.1 Å². The van der Waals surface area contributed by atoms with Gasteiger partial charge in [-0.05, 0) is 54.4 Å². The Balaban J connectivity index is 1.60. The van der Waals surface area contributed by atoms with Gasteiger partial charge in [0.05, 0.1) is 0 Å². The number of anilines is 1. The number of benzene rings is 2. The second kappa shape index (κ2) is 8.23. The summed E-state index contributed by atoms with van der Waals surface area (Å²) >= 11 is 0. The highest BCUT2D eigenvalue weighted by Crippen LogP contribution is 2.19. The second-order valence-corrected chi connectivity index (χ2v) is 5.85. The molecule has 0 atom stereocenters. The van der Waals surface area contributed by atoms with Crippen LogP contribution >= 0.6 is 0 Å². The van der Waals surface area contributed by atoms with Gasteiger partial charge in [-0.15, -0.1) is 0 Å². The number of amides is 1. The molecule has 6 nitrogen and oxygen atoms in total. The van der Waals surface area contributed by atoms with E-state index >= 15 is 0 Å². The minimum atomic E-state index is -1.12. The van der Waals surface area contributed by atoms with E-state index in [4.69, 9.17) is 14.3 Å². The number of carboxylic acid groups (broad SMARTS) is 1. The van der Waals surface area contributed by atoms with E-state index in [-0.39, 0.29) is 18.3 Å². The first-order chi connectivity index (χ1) is 13.1. The summed E-state index contributed by atoms with van der Waals surface area (Å²) in [6.07, 6.45) is 0.833. The Kier molecular flexibility index (Phi) is 5.56. The SMILES string of the molecule is CCc1ccccc1NC(=O)c1ccc(OCc2ccc(C(=O)O)o2)cc1. The molecule has 6 heteroatoms. The minimum Gasteiger partial charge on any atom is -0.486 e. The van der Waals surface area contributed by atoms with Crippen molar-refractivity contribution in [1.82, 2.24) is 0 Å². The maximum atomic E-state index is 12.4. The Morgan fingerprint density at radius 2 is 1.78 bits per heavy atom. The first kappa shape index (κ1) is 18.3. The molecule has 0 radical (unpaired) electrons. The number of carbonyl (C=O) groups excluding carboxylic acids is 1. The molecule has 27 heavy (non-hydrogen) atoms. The van der Waals surface area contributed by atoms with E-state index in [1.165, 1.54) is 6.07 Å². The summed E-state index contributed by atoms with van der Waals surface area (Å²) in [5.74, 6) is -0.493. The standard InChI is InChI=1S/C21H19NO5/c1-2-14-5-3-4-6-18(14)22-20(23)15-7-9-16(10-8-15)26-13-17-11-12-19(27-17)21(24)25/h3-12H,2,13H2,1H3,(H,22,23)(H,24,25). The maximum absolute atomic E-state index is 12.4. The smallest absolute Gasteiger partial charge is 0.371 e. The molecule has 0 bridgehead atoms. The molecule has 1 heterocycles. The van der Waals surface area contributed by atoms with Gasteiger partial charge in [-0.3, -0.25) is 4.79 Å². The monoisotopic (exact) mass is 365 g/mol. The predicted molar refractivity (Wildman–Crippen MR) is 100 cm³/mol. The fraction of sp³-hybridized carbons (Fsp3) is 0.143. The van der Waals surface area contributed by atoms with Crippen molar-refractivity contribution in [2.24, 2.45) is 0 Å². The average molecular weight is 365 g/mol. The van der Waals surface area contributed by atoms with Gasteiger partial charge in [-0.2, -0.15) is 0 Å². The van der Waals surface area contributed by atoms with Crippen LogP contribution in [0.4, 0.5) is 5.69 Å². The molecule has 1 amide bonds. The summed E-state index contributed by atoms with van der Waals surface area (Å²) in [6.45, 7) is 2.14. The zero-order valence-corrected chi connectivity index (χ0v) is 14.8. The van der Waals surface area contributed by atoms with Crippen LogP contribution in [0.2, 0.25) is 0 Å². The van der Waals surface area contributed by atoms with E-state index in [9.17, 15) is 9.59 Å². The zero-order chi connectivity index (χ0) is 19.2. The Labute approximate surface area is 156 Å². The van der Waals surface area contributed by atoms with Crippen LogP contribution in [0.3, 0.4) is 0 Å². The van der Waals surface area contributed by atoms with Gasteiger partial charge in [0.15, 0.2) is 0 Å². The summed E-state index contributed by atoms with van der Waals surface area (Å²) in [5.41, 5.74) is 2.39. The Hall–Kier alpha value is -3.54. The van der Waals surface area contributed by atoms with Gasteiger partial charge in [-0.1, -0.05) is 25.1 Å². The number of nitrogens with one attached hydrogen (secondary N) is 1. The van der Waals surface area contributed by atoms with Crippen LogP contribution in [-0.2, 0) is 13.0 Å². The molecule has 0 saturated carbocycles. The lowest BCUT2D eigenvalue weighted by atomic mass is 10.1. The highest BCUT2D eigenvalue weighted by Gasteiger charge is 2.10. The lowest BCUT2D eigenvalue weighted by molar-refractivity contribution is 0.0658. The Morgan fingerprint density at radius 1 is 1.04 bits per heavy atom. The Morgan fingerprint density at radius 3 is 2.44 bits per heavy atom. The third-order valence-corrected chi connectivity index (χ3v) is 4.02. The third kappa shape index (κ3) is 4.55. The van der Waals surface area contributed by atoms with Gasteiger partial charge >= 0.3 is 5.97 Å². The number of rotatable bonds is 7. The highest BCUT2D eigenvalue weighted by atomic mass is 16.5. The summed E-state index contributed by atoms with van der Waals surface area (Å²) in [7, 11) is 0. The van der Waals surface area contributed by atoms with Crippen LogP contribution in [0.5, 0.6) is 5.75 Å². The molecule has 0 unspecified atom stereocenters. The lowest BCUT2D eigenvalue weighted by Crippen LogP contribution is -2.13. The molecular formula is C21H19NO5. The number of para-hydroxylation sites is 1. The van der Waals surface area contributed by atoms with Gasteiger partial charge in [0.25, 0.3) is 5.91 Å². The molecule has 2 N–H and O–H groups in total. The van der Waals surface area contributed by atoms with E-state index in [1.807, 2.05) is 31.2 Å². The Bertz CT molecular complexity index is 943. The van der Waals surface area contributed by atoms with Gasteiger partial charge in [0.2, 0.25) is 5.76 Å². The largest absolute Gasteiger partial charge is 0.486 e. The van der Waals surface area contributed by atoms with Crippen LogP contribution in [0, 0.1) is 0 Å². The number of aromatic carboxylic acids is 1. The molecule has 0 fully saturated rings. The number of ether oxygens (including phenoxy) is 1. The average Bonchev–Trinajstić information content (AvgIpc) is 3.16. The molecule has 0 aliphatic carbocycles. The van der Waals surface area contributed by atoms with E-state index in [1.54, 1.807) is 30.3 Å². The van der Waals surface area contributed by atoms with Crippen molar-refractivity contribution < 1.29 is 23.8 Å². The molecule has 0 saturated heterocycles. The van der Waals surface area contributed by atoms with E-state index < -0.39 is 5.97 Å². The number of aryl methyl sites for hydroxylation is 1. The van der Waals surface area contributed by atoms with Crippen LogP contribution in [0.1, 0.15) is 39.2 Å². The van der Waals surface area contributed by atoms with Gasteiger partial charge < -0.3 is 19.6 Å². The summed E-state index contributed by atoms with van der Waals surface area (Å²) in [6, 6.07) is 17.3. The van der Waals surface area contributed by atoms with Crippen LogP contribution in [0.25, 0.3) is 0 Å². The number of carboxylic acids is 1. The van der Waals surface area contributed by atoms with E-state index in [0.717, 1.165) is 17.7 Å². The molecule has 3 aromatic rings. The summed E-state index contributed by atoms with van der Waals surface area (Å²) in [5, 5.41) is 11.8. The van der Waals surface area contributed by atoms with Crippen molar-refractivity contribution in [3.8, 4) is 5.75 Å². The third-order valence-electron chi connectivity index (χ3n) is 4.02. The normalized spacial score (nSPS) is 10.4. The van der Waals surface area contributed by atoms with Crippen molar-refractivity contribution in [1.29, 1.82) is 0 Å². The topological polar surface area (TPSA) is 88.8 Å². The quantitative estimate of drug-likeness (QED) is 0.649. The minimum absolute atomic E-state index is 0.0999. The van der Waals surface area contributed by atoms with Gasteiger partial charge in [-0.25, -0.2) is 4.79 Å². The first-order valence-corrected chi connectivity index (χ1v) is 8.51. The van der Waals surface area contributed by atoms with Gasteiger partial charge in [0.1, 0.15) is 18.1 Å². The lowest BCUT2D eigenvalue weighted by Gasteiger charge is -2.10. The maximum Gasteiger partial charge on any atom is 0.371 e. The first-order valence-electron chi connectivity index (χ1n) is 8.51. The molecule has 138 valence electrons. The number of furan rings is 1. The fourth-order valence-electron chi connectivity index (χ4n) is 2.57. The predicted octanol–water partition coefficient (Wildman–Crippen LogP) is 4.37.